The Hall–Kier alpha value is -3.79. The van der Waals surface area contributed by atoms with E-state index in [1.807, 2.05) is 91.0 Å². The van der Waals surface area contributed by atoms with Crippen molar-refractivity contribution in [2.75, 3.05) is 0 Å². The van der Waals surface area contributed by atoms with Gasteiger partial charge in [-0.2, -0.15) is 0 Å². The maximum absolute atomic E-state index is 13.5. The molecule has 154 valence electrons. The summed E-state index contributed by atoms with van der Waals surface area (Å²) in [6, 6.07) is 28.8. The maximum atomic E-state index is 13.5. The van der Waals surface area contributed by atoms with Crippen LogP contribution in [0, 0.1) is 0 Å². The Morgan fingerprint density at radius 2 is 1.32 bits per heavy atom. The smallest absolute Gasteiger partial charge is 0.284 e. The molecule has 0 saturated heterocycles. The molecule has 0 aliphatic carbocycles. The fourth-order valence-electron chi connectivity index (χ4n) is 3.85. The molecular weight excluding hydrogens is 386 g/mol. The van der Waals surface area contributed by atoms with Gasteiger partial charge in [0.1, 0.15) is 5.57 Å². The monoisotopic (exact) mass is 409 g/mol. The van der Waals surface area contributed by atoms with E-state index in [-0.39, 0.29) is 17.0 Å². The number of Topliss-reactive ketones (excluding diaryl/α,β-unsaturated/α-hetero) is 1. The molecule has 1 aliphatic heterocycles. The van der Waals surface area contributed by atoms with E-state index in [2.05, 4.69) is 4.99 Å². The lowest BCUT2D eigenvalue weighted by molar-refractivity contribution is -0.121. The normalized spacial score (nSPS) is 14.5. The van der Waals surface area contributed by atoms with Crippen LogP contribution < -0.4 is 0 Å². The third kappa shape index (κ3) is 4.69. The van der Waals surface area contributed by atoms with Crippen LogP contribution in [0.15, 0.2) is 107 Å². The van der Waals surface area contributed by atoms with Gasteiger partial charge in [-0.15, -0.1) is 0 Å². The number of carbonyl (C=O) groups excluding carboxylic acids is 2. The average molecular weight is 409 g/mol. The molecule has 0 bridgehead atoms. The van der Waals surface area contributed by atoms with Crippen molar-refractivity contribution in [2.45, 2.75) is 25.2 Å². The molecule has 0 fully saturated rings. The molecule has 0 spiro atoms. The number of amides is 1. The Balaban J connectivity index is 1.60. The summed E-state index contributed by atoms with van der Waals surface area (Å²) >= 11 is 0. The second kappa shape index (κ2) is 9.35. The Morgan fingerprint density at radius 1 is 0.774 bits per heavy atom. The van der Waals surface area contributed by atoms with Crippen molar-refractivity contribution in [2.24, 2.45) is 4.99 Å². The van der Waals surface area contributed by atoms with Crippen molar-refractivity contribution >= 4 is 17.4 Å². The molecule has 1 unspecified atom stereocenters. The van der Waals surface area contributed by atoms with Crippen molar-refractivity contribution in [3.8, 4) is 0 Å². The van der Waals surface area contributed by atoms with E-state index in [1.165, 1.54) is 0 Å². The van der Waals surface area contributed by atoms with E-state index < -0.39 is 17.6 Å². The zero-order valence-corrected chi connectivity index (χ0v) is 17.1. The number of hydrogen-bond acceptors (Lipinski definition) is 3. The molecule has 0 saturated carbocycles. The quantitative estimate of drug-likeness (QED) is 0.532. The molecule has 1 amide bonds. The fraction of sp³-hybridized carbons (Fsp3) is 0.148. The Labute approximate surface area is 181 Å². The Kier molecular flexibility index (Phi) is 6.18. The molecule has 1 N–H and O–H groups in total. The highest BCUT2D eigenvalue weighted by atomic mass is 16.3. The summed E-state index contributed by atoms with van der Waals surface area (Å²) in [5, 5.41) is 10.7. The third-order valence-corrected chi connectivity index (χ3v) is 5.50. The molecule has 1 atom stereocenters. The summed E-state index contributed by atoms with van der Waals surface area (Å²) in [6.45, 7) is 0. The van der Waals surface area contributed by atoms with E-state index in [9.17, 15) is 14.7 Å². The number of hydrogen-bond donors (Lipinski definition) is 1. The number of aliphatic hydroxyl groups excluding tert-OH is 1. The standard InChI is InChI=1S/C27H23NO3/c29-25(22(21-14-8-3-9-15-21)18-20-12-6-2-7-13-20)24-26(30)23(28-27(24)31)17-16-19-10-4-1-5-11-19/h1-15,22,30H,16-18H2. The van der Waals surface area contributed by atoms with E-state index >= 15 is 0 Å². The van der Waals surface area contributed by atoms with Gasteiger partial charge in [0, 0.05) is 0 Å². The highest BCUT2D eigenvalue weighted by Gasteiger charge is 2.36. The van der Waals surface area contributed by atoms with Crippen LogP contribution in [0.2, 0.25) is 0 Å². The fourth-order valence-corrected chi connectivity index (χ4v) is 3.85. The largest absolute Gasteiger partial charge is 0.505 e. The molecule has 3 aromatic carbocycles. The first kappa shape index (κ1) is 20.5. The minimum absolute atomic E-state index is 0.201. The van der Waals surface area contributed by atoms with Crippen molar-refractivity contribution in [1.82, 2.24) is 0 Å². The van der Waals surface area contributed by atoms with Crippen LogP contribution in [0.25, 0.3) is 0 Å². The topological polar surface area (TPSA) is 66.7 Å². The van der Waals surface area contributed by atoms with Crippen LogP contribution in [-0.2, 0) is 22.4 Å². The minimum Gasteiger partial charge on any atom is -0.505 e. The molecule has 4 rings (SSSR count). The number of aliphatic hydroxyl groups is 1. The van der Waals surface area contributed by atoms with Gasteiger partial charge in [0.2, 0.25) is 0 Å². The second-order valence-corrected chi connectivity index (χ2v) is 7.59. The summed E-state index contributed by atoms with van der Waals surface area (Å²) in [5.41, 5.74) is 2.95. The number of carbonyl (C=O) groups is 2. The minimum atomic E-state index is -0.653. The van der Waals surface area contributed by atoms with Crippen LogP contribution in [0.3, 0.4) is 0 Å². The average Bonchev–Trinajstić information content (AvgIpc) is 3.10. The summed E-state index contributed by atoms with van der Waals surface area (Å²) in [7, 11) is 0. The van der Waals surface area contributed by atoms with Crippen molar-refractivity contribution in [1.29, 1.82) is 0 Å². The number of ketones is 1. The van der Waals surface area contributed by atoms with Crippen LogP contribution in [0.1, 0.15) is 29.0 Å². The second-order valence-electron chi connectivity index (χ2n) is 7.59. The number of benzene rings is 3. The lowest BCUT2D eigenvalue weighted by Crippen LogP contribution is -2.21. The molecular formula is C27H23NO3. The lowest BCUT2D eigenvalue weighted by Gasteiger charge is -2.17. The first-order chi connectivity index (χ1) is 15.1. The Morgan fingerprint density at radius 3 is 1.94 bits per heavy atom. The van der Waals surface area contributed by atoms with Gasteiger partial charge in [-0.3, -0.25) is 9.59 Å². The van der Waals surface area contributed by atoms with Crippen LogP contribution in [0.5, 0.6) is 0 Å². The molecule has 3 aromatic rings. The molecule has 4 heteroatoms. The molecule has 31 heavy (non-hydrogen) atoms. The number of aliphatic imine (C=N–C) groups is 1. The van der Waals surface area contributed by atoms with Gasteiger partial charge in [-0.05, 0) is 36.0 Å². The summed E-state index contributed by atoms with van der Waals surface area (Å²) < 4.78 is 0. The molecule has 0 aromatic heterocycles. The third-order valence-electron chi connectivity index (χ3n) is 5.50. The number of rotatable bonds is 8. The van der Waals surface area contributed by atoms with Crippen LogP contribution >= 0.6 is 0 Å². The zero-order chi connectivity index (χ0) is 21.6. The number of allylic oxidation sites excluding steroid dienone is 1. The van der Waals surface area contributed by atoms with Crippen molar-refractivity contribution < 1.29 is 14.7 Å². The maximum Gasteiger partial charge on any atom is 0.284 e. The highest BCUT2D eigenvalue weighted by molar-refractivity contribution is 6.32. The zero-order valence-electron chi connectivity index (χ0n) is 17.1. The molecule has 1 aliphatic rings. The van der Waals surface area contributed by atoms with E-state index in [0.717, 1.165) is 16.7 Å². The van der Waals surface area contributed by atoms with E-state index in [0.29, 0.717) is 19.3 Å². The van der Waals surface area contributed by atoms with Gasteiger partial charge in [-0.25, -0.2) is 4.99 Å². The summed E-state index contributed by atoms with van der Waals surface area (Å²) in [6.07, 6.45) is 1.46. The van der Waals surface area contributed by atoms with E-state index in [1.54, 1.807) is 0 Å². The summed E-state index contributed by atoms with van der Waals surface area (Å²) in [5.74, 6) is -1.90. The van der Waals surface area contributed by atoms with Gasteiger partial charge in [0.05, 0.1) is 11.6 Å². The summed E-state index contributed by atoms with van der Waals surface area (Å²) in [4.78, 5) is 30.1. The lowest BCUT2D eigenvalue weighted by atomic mass is 9.85. The number of aryl methyl sites for hydroxylation is 1. The number of nitrogens with zero attached hydrogens (tertiary/aromatic N) is 1. The molecule has 1 heterocycles. The molecule has 4 nitrogen and oxygen atoms in total. The highest BCUT2D eigenvalue weighted by Crippen LogP contribution is 2.29. The van der Waals surface area contributed by atoms with Gasteiger partial charge >= 0.3 is 0 Å². The van der Waals surface area contributed by atoms with Gasteiger partial charge < -0.3 is 5.11 Å². The van der Waals surface area contributed by atoms with Crippen molar-refractivity contribution in [3.05, 3.63) is 119 Å². The Bertz CT molecular complexity index is 1130. The van der Waals surface area contributed by atoms with Gasteiger partial charge in [0.15, 0.2) is 11.5 Å². The predicted molar refractivity (Wildman–Crippen MR) is 121 cm³/mol. The molecule has 0 radical (unpaired) electrons. The van der Waals surface area contributed by atoms with Crippen LogP contribution in [-0.4, -0.2) is 22.5 Å². The SMILES string of the molecule is O=C1N=C(CCc2ccccc2)C(O)=C1C(=O)C(Cc1ccccc1)c1ccccc1. The van der Waals surface area contributed by atoms with Crippen LogP contribution in [0.4, 0.5) is 0 Å². The first-order valence-electron chi connectivity index (χ1n) is 10.4. The van der Waals surface area contributed by atoms with Crippen molar-refractivity contribution in [3.63, 3.8) is 0 Å². The first-order valence-corrected chi connectivity index (χ1v) is 10.4. The van der Waals surface area contributed by atoms with E-state index in [4.69, 9.17) is 0 Å². The van der Waals surface area contributed by atoms with Gasteiger partial charge in [-0.1, -0.05) is 91.0 Å². The van der Waals surface area contributed by atoms with Gasteiger partial charge in [0.25, 0.3) is 5.91 Å². The predicted octanol–water partition coefficient (Wildman–Crippen LogP) is 5.01.